The molecule has 0 radical (unpaired) electrons. The van der Waals surface area contributed by atoms with E-state index in [1.807, 2.05) is 0 Å². The number of sulfonamides is 1. The number of nitrogens with two attached hydrogens (primary N) is 1. The first-order valence-electron chi connectivity index (χ1n) is 5.53. The number of benzene rings is 1. The van der Waals surface area contributed by atoms with Gasteiger partial charge in [-0.3, -0.25) is 0 Å². The molecular weight excluding hydrogens is 384 g/mol. The Kier molecular flexibility index (Phi) is 4.06. The largest absolute Gasteiger partial charge is 0.399 e. The highest BCUT2D eigenvalue weighted by atomic mass is 79.9. The molecule has 0 amide bonds. The fourth-order valence-corrected chi connectivity index (χ4v) is 5.52. The zero-order valence-electron chi connectivity index (χ0n) is 9.86. The molecule has 1 aliphatic rings. The van der Waals surface area contributed by atoms with Gasteiger partial charge >= 0.3 is 0 Å². The minimum absolute atomic E-state index is 0.236. The van der Waals surface area contributed by atoms with E-state index in [1.54, 1.807) is 19.2 Å². The lowest BCUT2D eigenvalue weighted by molar-refractivity contribution is 0.452. The summed E-state index contributed by atoms with van der Waals surface area (Å²) in [6, 6.07) is 3.20. The average Bonchev–Trinajstić information content (AvgIpc) is 2.98. The van der Waals surface area contributed by atoms with Crippen LogP contribution in [0, 0.1) is 5.92 Å². The molecule has 7 heteroatoms. The van der Waals surface area contributed by atoms with Gasteiger partial charge in [0, 0.05) is 28.2 Å². The Bertz CT molecular complexity index is 547. The third kappa shape index (κ3) is 2.89. The molecule has 4 nitrogen and oxygen atoms in total. The molecule has 1 aromatic rings. The number of rotatable bonds is 4. The highest BCUT2D eigenvalue weighted by Gasteiger charge is 2.31. The summed E-state index contributed by atoms with van der Waals surface area (Å²) in [5.41, 5.74) is 6.18. The number of nitrogens with zero attached hydrogens (tertiary/aromatic N) is 1. The van der Waals surface area contributed by atoms with Gasteiger partial charge in [-0.05, 0) is 62.8 Å². The second kappa shape index (κ2) is 5.11. The number of halogens is 2. The van der Waals surface area contributed by atoms with Crippen molar-refractivity contribution in [3.63, 3.8) is 0 Å². The molecule has 1 aromatic carbocycles. The molecule has 100 valence electrons. The van der Waals surface area contributed by atoms with Crippen molar-refractivity contribution in [2.24, 2.45) is 5.92 Å². The zero-order valence-corrected chi connectivity index (χ0v) is 13.8. The molecule has 0 unspecified atom stereocenters. The van der Waals surface area contributed by atoms with Crippen molar-refractivity contribution in [3.8, 4) is 0 Å². The van der Waals surface area contributed by atoms with E-state index in [9.17, 15) is 8.42 Å². The van der Waals surface area contributed by atoms with Crippen molar-refractivity contribution in [2.75, 3.05) is 19.3 Å². The van der Waals surface area contributed by atoms with Crippen LogP contribution in [0.2, 0.25) is 0 Å². The van der Waals surface area contributed by atoms with E-state index in [1.165, 1.54) is 4.31 Å². The van der Waals surface area contributed by atoms with Gasteiger partial charge in [0.1, 0.15) is 4.90 Å². The molecule has 0 saturated heterocycles. The van der Waals surface area contributed by atoms with Gasteiger partial charge in [-0.2, -0.15) is 0 Å². The lowest BCUT2D eigenvalue weighted by Crippen LogP contribution is -2.29. The molecule has 1 aliphatic carbocycles. The topological polar surface area (TPSA) is 63.4 Å². The molecule has 0 bridgehead atoms. The quantitative estimate of drug-likeness (QED) is 0.794. The van der Waals surface area contributed by atoms with E-state index in [0.29, 0.717) is 27.1 Å². The predicted molar refractivity (Wildman–Crippen MR) is 78.8 cm³/mol. The summed E-state index contributed by atoms with van der Waals surface area (Å²) in [7, 11) is -1.87. The minimum atomic E-state index is -3.49. The Morgan fingerprint density at radius 2 is 1.83 bits per heavy atom. The summed E-state index contributed by atoms with van der Waals surface area (Å²) in [6.45, 7) is 0.575. The van der Waals surface area contributed by atoms with Gasteiger partial charge in [-0.15, -0.1) is 0 Å². The van der Waals surface area contributed by atoms with E-state index in [2.05, 4.69) is 31.9 Å². The van der Waals surface area contributed by atoms with Gasteiger partial charge in [0.05, 0.1) is 0 Å². The van der Waals surface area contributed by atoms with E-state index >= 15 is 0 Å². The van der Waals surface area contributed by atoms with Crippen LogP contribution in [0.4, 0.5) is 5.69 Å². The highest BCUT2D eigenvalue weighted by molar-refractivity contribution is 9.11. The first-order chi connectivity index (χ1) is 8.32. The van der Waals surface area contributed by atoms with Gasteiger partial charge in [-0.1, -0.05) is 0 Å². The van der Waals surface area contributed by atoms with Crippen LogP contribution < -0.4 is 5.73 Å². The van der Waals surface area contributed by atoms with E-state index in [-0.39, 0.29) is 4.90 Å². The van der Waals surface area contributed by atoms with Crippen LogP contribution in [0.1, 0.15) is 12.8 Å². The minimum Gasteiger partial charge on any atom is -0.399 e. The summed E-state index contributed by atoms with van der Waals surface area (Å²) >= 11 is 6.54. The summed E-state index contributed by atoms with van der Waals surface area (Å²) < 4.78 is 27.3. The van der Waals surface area contributed by atoms with Gasteiger partial charge in [-0.25, -0.2) is 12.7 Å². The number of hydrogen-bond acceptors (Lipinski definition) is 3. The Hall–Kier alpha value is -0.110. The Labute approximate surface area is 124 Å². The molecule has 2 N–H and O–H groups in total. The Balaban J connectivity index is 2.39. The third-order valence-electron chi connectivity index (χ3n) is 2.90. The molecule has 0 heterocycles. The van der Waals surface area contributed by atoms with Gasteiger partial charge in [0.2, 0.25) is 10.0 Å². The average molecular weight is 398 g/mol. The Morgan fingerprint density at radius 3 is 2.28 bits per heavy atom. The standard InChI is InChI=1S/C11H14Br2N2O2S/c1-15(6-7-2-3-7)18(16,17)11-9(12)4-8(14)5-10(11)13/h4-5,7H,2-3,6,14H2,1H3. The van der Waals surface area contributed by atoms with Gasteiger partial charge < -0.3 is 5.73 Å². The highest BCUT2D eigenvalue weighted by Crippen LogP contribution is 2.36. The summed E-state index contributed by atoms with van der Waals surface area (Å²) in [6.07, 6.45) is 2.23. The van der Waals surface area contributed by atoms with Gasteiger partial charge in [0.25, 0.3) is 0 Å². The van der Waals surface area contributed by atoms with Crippen molar-refractivity contribution in [2.45, 2.75) is 17.7 Å². The molecule has 0 aromatic heterocycles. The van der Waals surface area contributed by atoms with E-state index < -0.39 is 10.0 Å². The van der Waals surface area contributed by atoms with Crippen molar-refractivity contribution in [1.82, 2.24) is 4.31 Å². The number of anilines is 1. The van der Waals surface area contributed by atoms with Crippen LogP contribution in [0.5, 0.6) is 0 Å². The maximum atomic E-state index is 12.5. The maximum absolute atomic E-state index is 12.5. The fourth-order valence-electron chi connectivity index (χ4n) is 1.74. The summed E-state index contributed by atoms with van der Waals surface area (Å²) in [5, 5.41) is 0. The van der Waals surface area contributed by atoms with Crippen molar-refractivity contribution in [3.05, 3.63) is 21.1 Å². The maximum Gasteiger partial charge on any atom is 0.245 e. The first kappa shape index (κ1) is 14.3. The SMILES string of the molecule is CN(CC1CC1)S(=O)(=O)c1c(Br)cc(N)cc1Br. The van der Waals surface area contributed by atoms with Gasteiger partial charge in [0.15, 0.2) is 0 Å². The molecule has 0 spiro atoms. The molecule has 0 atom stereocenters. The summed E-state index contributed by atoms with van der Waals surface area (Å²) in [4.78, 5) is 0.236. The second-order valence-electron chi connectivity index (χ2n) is 4.54. The molecule has 18 heavy (non-hydrogen) atoms. The zero-order chi connectivity index (χ0) is 13.5. The van der Waals surface area contributed by atoms with Crippen molar-refractivity contribution < 1.29 is 8.42 Å². The van der Waals surface area contributed by atoms with Crippen LogP contribution in [-0.2, 0) is 10.0 Å². The van der Waals surface area contributed by atoms with Crippen molar-refractivity contribution in [1.29, 1.82) is 0 Å². The molecule has 1 saturated carbocycles. The third-order valence-corrected chi connectivity index (χ3v) is 6.60. The van der Waals surface area contributed by atoms with Crippen LogP contribution in [0.3, 0.4) is 0 Å². The van der Waals surface area contributed by atoms with E-state index in [0.717, 1.165) is 12.8 Å². The monoisotopic (exact) mass is 396 g/mol. The Morgan fingerprint density at radius 1 is 1.33 bits per heavy atom. The lowest BCUT2D eigenvalue weighted by Gasteiger charge is -2.19. The molecule has 0 aliphatic heterocycles. The van der Waals surface area contributed by atoms with Crippen molar-refractivity contribution >= 4 is 47.6 Å². The second-order valence-corrected chi connectivity index (χ2v) is 8.23. The molecular formula is C11H14Br2N2O2S. The van der Waals surface area contributed by atoms with Crippen LogP contribution in [0.15, 0.2) is 26.0 Å². The molecule has 2 rings (SSSR count). The van der Waals surface area contributed by atoms with Crippen LogP contribution in [-0.4, -0.2) is 26.3 Å². The smallest absolute Gasteiger partial charge is 0.245 e. The van der Waals surface area contributed by atoms with Crippen LogP contribution >= 0.6 is 31.9 Å². The first-order valence-corrected chi connectivity index (χ1v) is 8.56. The van der Waals surface area contributed by atoms with Crippen LogP contribution in [0.25, 0.3) is 0 Å². The number of nitrogen functional groups attached to an aromatic ring is 1. The molecule has 1 fully saturated rings. The lowest BCUT2D eigenvalue weighted by atomic mass is 10.3. The normalized spacial score (nSPS) is 16.2. The predicted octanol–water partition coefficient (Wildman–Crippen LogP) is 2.82. The fraction of sp³-hybridized carbons (Fsp3) is 0.455. The summed E-state index contributed by atoms with van der Waals surface area (Å²) in [5.74, 6) is 0.510. The van der Waals surface area contributed by atoms with E-state index in [4.69, 9.17) is 5.73 Å². The number of hydrogen-bond donors (Lipinski definition) is 1.